The van der Waals surface area contributed by atoms with Crippen molar-refractivity contribution in [3.63, 3.8) is 0 Å². The van der Waals surface area contributed by atoms with E-state index in [9.17, 15) is 0 Å². The van der Waals surface area contributed by atoms with Gasteiger partial charge in [0.15, 0.2) is 0 Å². The van der Waals surface area contributed by atoms with Crippen molar-refractivity contribution in [3.8, 4) is 0 Å². The molecule has 1 heteroatoms. The Balaban J connectivity index is 2.23. The Labute approximate surface area is 194 Å². The molecule has 2 rings (SSSR count). The molecular formula is C30H48B-. The maximum atomic E-state index is 2.45. The summed E-state index contributed by atoms with van der Waals surface area (Å²) in [5, 5.41) is 0. The van der Waals surface area contributed by atoms with Gasteiger partial charge in [0.1, 0.15) is 0 Å². The SMILES string of the molecule is CCCCCCCC[B-](CCCCCCCC)(c1ccc(C)cc1)c1ccc(C)cc1. The van der Waals surface area contributed by atoms with Gasteiger partial charge in [-0.1, -0.05) is 151 Å². The van der Waals surface area contributed by atoms with Crippen LogP contribution in [0.25, 0.3) is 0 Å². The number of aryl methyl sites for hydroxylation is 2. The third-order valence-corrected chi connectivity index (χ3v) is 7.53. The van der Waals surface area contributed by atoms with E-state index in [0.29, 0.717) is 0 Å². The molecule has 0 saturated heterocycles. The van der Waals surface area contributed by atoms with Gasteiger partial charge in [0.2, 0.25) is 0 Å². The number of benzene rings is 2. The van der Waals surface area contributed by atoms with Crippen LogP contribution in [0, 0.1) is 13.8 Å². The molecule has 0 atom stereocenters. The number of unbranched alkanes of at least 4 members (excludes halogenated alkanes) is 10. The van der Waals surface area contributed by atoms with E-state index >= 15 is 0 Å². The zero-order valence-corrected chi connectivity index (χ0v) is 21.1. The fourth-order valence-corrected chi connectivity index (χ4v) is 5.42. The summed E-state index contributed by atoms with van der Waals surface area (Å²) in [4.78, 5) is 0. The molecule has 0 fully saturated rings. The molecular weight excluding hydrogens is 371 g/mol. The van der Waals surface area contributed by atoms with Crippen LogP contribution in [-0.2, 0) is 0 Å². The second-order valence-electron chi connectivity index (χ2n) is 10.2. The summed E-state index contributed by atoms with van der Waals surface area (Å²) in [5.41, 5.74) is 5.93. The van der Waals surface area contributed by atoms with Crippen molar-refractivity contribution in [2.75, 3.05) is 0 Å². The Hall–Kier alpha value is -1.50. The van der Waals surface area contributed by atoms with E-state index in [-0.39, 0.29) is 0 Å². The van der Waals surface area contributed by atoms with Crippen LogP contribution in [0.4, 0.5) is 0 Å². The summed E-state index contributed by atoms with van der Waals surface area (Å²) in [5.74, 6) is 0. The molecule has 0 amide bonds. The van der Waals surface area contributed by atoms with E-state index in [0.717, 1.165) is 0 Å². The molecule has 0 radical (unpaired) electrons. The molecule has 0 bridgehead atoms. The van der Waals surface area contributed by atoms with Gasteiger partial charge in [-0.3, -0.25) is 0 Å². The van der Waals surface area contributed by atoms with Crippen LogP contribution in [0.1, 0.15) is 102 Å². The maximum Gasteiger partial charge on any atom is 0.0544 e. The van der Waals surface area contributed by atoms with Crippen molar-refractivity contribution in [3.05, 3.63) is 59.7 Å². The van der Waals surface area contributed by atoms with Gasteiger partial charge in [-0.15, -0.1) is 0 Å². The van der Waals surface area contributed by atoms with E-state index in [1.165, 1.54) is 101 Å². The van der Waals surface area contributed by atoms with Gasteiger partial charge < -0.3 is 0 Å². The Morgan fingerprint density at radius 1 is 0.452 bits per heavy atom. The minimum absolute atomic E-state index is 0.689. The number of hydrogen-bond donors (Lipinski definition) is 0. The van der Waals surface area contributed by atoms with Crippen LogP contribution in [-0.4, -0.2) is 6.15 Å². The van der Waals surface area contributed by atoms with Crippen molar-refractivity contribution < 1.29 is 0 Å². The summed E-state index contributed by atoms with van der Waals surface area (Å²) in [7, 11) is 0. The van der Waals surface area contributed by atoms with E-state index in [1.807, 2.05) is 0 Å². The largest absolute Gasteiger partial charge is 0.205 e. The lowest BCUT2D eigenvalue weighted by Crippen LogP contribution is -2.58. The lowest BCUT2D eigenvalue weighted by Gasteiger charge is -2.43. The fraction of sp³-hybridized carbons (Fsp3) is 0.600. The molecule has 0 aliphatic heterocycles. The Kier molecular flexibility index (Phi) is 12.1. The van der Waals surface area contributed by atoms with Crippen molar-refractivity contribution in [1.82, 2.24) is 0 Å². The van der Waals surface area contributed by atoms with Gasteiger partial charge >= 0.3 is 0 Å². The highest BCUT2D eigenvalue weighted by atomic mass is 14.1. The van der Waals surface area contributed by atoms with Crippen LogP contribution in [0.3, 0.4) is 0 Å². The average Bonchev–Trinajstić information content (AvgIpc) is 2.78. The monoisotopic (exact) mass is 419 g/mol. The lowest BCUT2D eigenvalue weighted by atomic mass is 9.15. The molecule has 0 nitrogen and oxygen atoms in total. The molecule has 2 aromatic carbocycles. The highest BCUT2D eigenvalue weighted by Gasteiger charge is 2.27. The quantitative estimate of drug-likeness (QED) is 0.189. The predicted molar refractivity (Wildman–Crippen MR) is 144 cm³/mol. The van der Waals surface area contributed by atoms with E-state index in [4.69, 9.17) is 0 Å². The summed E-state index contributed by atoms with van der Waals surface area (Å²) >= 11 is 0. The molecule has 172 valence electrons. The van der Waals surface area contributed by atoms with Gasteiger partial charge in [0.05, 0.1) is 6.15 Å². The molecule has 0 aliphatic rings. The van der Waals surface area contributed by atoms with Gasteiger partial charge in [-0.05, 0) is 13.8 Å². The highest BCUT2D eigenvalue weighted by molar-refractivity contribution is 7.02. The van der Waals surface area contributed by atoms with Gasteiger partial charge in [0.25, 0.3) is 0 Å². The molecule has 31 heavy (non-hydrogen) atoms. The standard InChI is InChI=1S/C30H48B/c1-5-7-9-11-13-15-25-31(26-16-14-12-10-8-6-2,29-21-17-27(3)18-22-29)30-23-19-28(4)20-24-30/h17-24H,5-16,25-26H2,1-4H3/q-1. The number of hydrogen-bond acceptors (Lipinski definition) is 0. The predicted octanol–water partition coefficient (Wildman–Crippen LogP) is 8.59. The van der Waals surface area contributed by atoms with Gasteiger partial charge in [-0.2, -0.15) is 12.6 Å². The molecule has 0 unspecified atom stereocenters. The van der Waals surface area contributed by atoms with Crippen molar-refractivity contribution in [2.24, 2.45) is 0 Å². The number of rotatable bonds is 16. The zero-order valence-electron chi connectivity index (χ0n) is 21.1. The minimum atomic E-state index is -0.689. The lowest BCUT2D eigenvalue weighted by molar-refractivity contribution is 0.616. The second-order valence-corrected chi connectivity index (χ2v) is 10.2. The van der Waals surface area contributed by atoms with Crippen LogP contribution >= 0.6 is 0 Å². The van der Waals surface area contributed by atoms with Crippen LogP contribution in [0.5, 0.6) is 0 Å². The van der Waals surface area contributed by atoms with Crippen LogP contribution < -0.4 is 10.9 Å². The fourth-order valence-electron chi connectivity index (χ4n) is 5.42. The topological polar surface area (TPSA) is 0 Å². The smallest absolute Gasteiger partial charge is 0.0544 e. The Morgan fingerprint density at radius 2 is 0.774 bits per heavy atom. The van der Waals surface area contributed by atoms with Crippen molar-refractivity contribution in [1.29, 1.82) is 0 Å². The van der Waals surface area contributed by atoms with E-state index in [2.05, 4.69) is 76.2 Å². The zero-order chi connectivity index (χ0) is 22.4. The molecule has 0 aromatic heterocycles. The van der Waals surface area contributed by atoms with Crippen LogP contribution in [0.2, 0.25) is 12.6 Å². The first-order chi connectivity index (χ1) is 15.1. The van der Waals surface area contributed by atoms with E-state index in [1.54, 1.807) is 10.9 Å². The summed E-state index contributed by atoms with van der Waals surface area (Å²) in [6.45, 7) is 9.05. The van der Waals surface area contributed by atoms with E-state index < -0.39 is 6.15 Å². The molecule has 0 N–H and O–H groups in total. The van der Waals surface area contributed by atoms with Crippen molar-refractivity contribution >= 4 is 17.1 Å². The summed E-state index contributed by atoms with van der Waals surface area (Å²) in [6, 6.07) is 19.1. The summed E-state index contributed by atoms with van der Waals surface area (Å²) < 4.78 is 0. The van der Waals surface area contributed by atoms with Crippen LogP contribution in [0.15, 0.2) is 48.5 Å². The first-order valence-corrected chi connectivity index (χ1v) is 13.5. The molecule has 0 saturated carbocycles. The Bertz CT molecular complexity index is 635. The third-order valence-electron chi connectivity index (χ3n) is 7.53. The Morgan fingerprint density at radius 3 is 1.13 bits per heavy atom. The molecule has 0 aliphatic carbocycles. The highest BCUT2D eigenvalue weighted by Crippen LogP contribution is 2.25. The molecule has 0 spiro atoms. The van der Waals surface area contributed by atoms with Gasteiger partial charge in [-0.25, -0.2) is 10.9 Å². The third kappa shape index (κ3) is 8.51. The molecule has 2 aromatic rings. The minimum Gasteiger partial charge on any atom is -0.205 e. The van der Waals surface area contributed by atoms with Gasteiger partial charge in [0, 0.05) is 0 Å². The maximum absolute atomic E-state index is 2.45. The first kappa shape index (κ1) is 25.8. The molecule has 0 heterocycles. The second kappa shape index (κ2) is 14.5. The average molecular weight is 420 g/mol. The normalized spacial score (nSPS) is 11.7. The van der Waals surface area contributed by atoms with Crippen molar-refractivity contribution in [2.45, 2.75) is 117 Å². The first-order valence-electron chi connectivity index (χ1n) is 13.5. The summed E-state index contributed by atoms with van der Waals surface area (Å²) in [6.07, 6.45) is 18.6.